The zero-order chi connectivity index (χ0) is 13.8. The Morgan fingerprint density at radius 3 is 2.22 bits per heavy atom. The highest BCUT2D eigenvalue weighted by molar-refractivity contribution is 5.94. The summed E-state index contributed by atoms with van der Waals surface area (Å²) < 4.78 is 11.4. The second-order valence-electron chi connectivity index (χ2n) is 5.30. The standard InChI is InChI=1S/C15H22O3/c1-11(2)17-10-15(4,5)18-14-8-6-13(7-9-14)12(3)16/h6-9,11H,10H2,1-5H3. The van der Waals surface area contributed by atoms with Gasteiger partial charge in [-0.2, -0.15) is 0 Å². The van der Waals surface area contributed by atoms with E-state index in [0.29, 0.717) is 12.2 Å². The Hall–Kier alpha value is -1.35. The van der Waals surface area contributed by atoms with Crippen LogP contribution in [-0.2, 0) is 4.74 Å². The first kappa shape index (κ1) is 14.7. The average Bonchev–Trinajstić information content (AvgIpc) is 2.27. The topological polar surface area (TPSA) is 35.5 Å². The van der Waals surface area contributed by atoms with Gasteiger partial charge in [0.25, 0.3) is 0 Å². The van der Waals surface area contributed by atoms with Gasteiger partial charge in [-0.25, -0.2) is 0 Å². The molecule has 0 radical (unpaired) electrons. The fraction of sp³-hybridized carbons (Fsp3) is 0.533. The summed E-state index contributed by atoms with van der Waals surface area (Å²) in [7, 11) is 0. The molecule has 1 rings (SSSR count). The molecule has 0 atom stereocenters. The zero-order valence-electron chi connectivity index (χ0n) is 11.8. The van der Waals surface area contributed by atoms with Crippen LogP contribution in [0.1, 0.15) is 45.0 Å². The van der Waals surface area contributed by atoms with Crippen LogP contribution in [0.2, 0.25) is 0 Å². The average molecular weight is 250 g/mol. The van der Waals surface area contributed by atoms with Crippen LogP contribution >= 0.6 is 0 Å². The van der Waals surface area contributed by atoms with Crippen molar-refractivity contribution in [3.8, 4) is 5.75 Å². The van der Waals surface area contributed by atoms with Gasteiger partial charge in [-0.05, 0) is 58.9 Å². The number of rotatable bonds is 6. The minimum Gasteiger partial charge on any atom is -0.485 e. The normalized spacial score (nSPS) is 11.7. The zero-order valence-corrected chi connectivity index (χ0v) is 11.8. The van der Waals surface area contributed by atoms with Gasteiger partial charge in [0.2, 0.25) is 0 Å². The monoisotopic (exact) mass is 250 g/mol. The van der Waals surface area contributed by atoms with Crippen molar-refractivity contribution in [1.82, 2.24) is 0 Å². The lowest BCUT2D eigenvalue weighted by Crippen LogP contribution is -2.35. The molecule has 0 aliphatic rings. The Morgan fingerprint density at radius 1 is 1.22 bits per heavy atom. The van der Waals surface area contributed by atoms with E-state index in [1.54, 1.807) is 19.1 Å². The number of carbonyl (C=O) groups excluding carboxylic acids is 1. The molecule has 0 saturated carbocycles. The lowest BCUT2D eigenvalue weighted by Gasteiger charge is -2.27. The number of hydrogen-bond donors (Lipinski definition) is 0. The number of ketones is 1. The van der Waals surface area contributed by atoms with Gasteiger partial charge in [-0.15, -0.1) is 0 Å². The lowest BCUT2D eigenvalue weighted by atomic mass is 10.1. The van der Waals surface area contributed by atoms with Crippen LogP contribution in [0.3, 0.4) is 0 Å². The maximum absolute atomic E-state index is 11.2. The molecule has 0 amide bonds. The van der Waals surface area contributed by atoms with Crippen molar-refractivity contribution in [3.63, 3.8) is 0 Å². The molecule has 18 heavy (non-hydrogen) atoms. The highest BCUT2D eigenvalue weighted by atomic mass is 16.5. The first-order valence-electron chi connectivity index (χ1n) is 6.22. The van der Waals surface area contributed by atoms with Gasteiger partial charge in [-0.1, -0.05) is 0 Å². The summed E-state index contributed by atoms with van der Waals surface area (Å²) >= 11 is 0. The van der Waals surface area contributed by atoms with E-state index in [4.69, 9.17) is 9.47 Å². The van der Waals surface area contributed by atoms with Gasteiger partial charge in [0, 0.05) is 5.56 Å². The molecule has 3 heteroatoms. The quantitative estimate of drug-likeness (QED) is 0.725. The third-order valence-corrected chi connectivity index (χ3v) is 2.42. The van der Waals surface area contributed by atoms with Crippen LogP contribution in [0.15, 0.2) is 24.3 Å². The maximum atomic E-state index is 11.2. The number of hydrogen-bond acceptors (Lipinski definition) is 3. The fourth-order valence-electron chi connectivity index (χ4n) is 1.47. The molecule has 0 bridgehead atoms. The Balaban J connectivity index is 2.63. The fourth-order valence-corrected chi connectivity index (χ4v) is 1.47. The van der Waals surface area contributed by atoms with Gasteiger partial charge >= 0.3 is 0 Å². The third kappa shape index (κ3) is 4.88. The van der Waals surface area contributed by atoms with Crippen molar-refractivity contribution in [2.24, 2.45) is 0 Å². The molecular weight excluding hydrogens is 228 g/mol. The van der Waals surface area contributed by atoms with Crippen LogP contribution in [0.5, 0.6) is 5.75 Å². The van der Waals surface area contributed by atoms with E-state index < -0.39 is 0 Å². The summed E-state index contributed by atoms with van der Waals surface area (Å²) in [6.45, 7) is 10.0. The van der Waals surface area contributed by atoms with E-state index in [9.17, 15) is 4.79 Å². The number of ether oxygens (including phenoxy) is 2. The molecule has 0 spiro atoms. The van der Waals surface area contributed by atoms with Crippen LogP contribution < -0.4 is 4.74 Å². The van der Waals surface area contributed by atoms with Crippen molar-refractivity contribution in [2.75, 3.05) is 6.61 Å². The van der Waals surface area contributed by atoms with Gasteiger partial charge in [-0.3, -0.25) is 4.79 Å². The van der Waals surface area contributed by atoms with E-state index in [-0.39, 0.29) is 17.5 Å². The van der Waals surface area contributed by atoms with Crippen molar-refractivity contribution in [2.45, 2.75) is 46.3 Å². The summed E-state index contributed by atoms with van der Waals surface area (Å²) in [6.07, 6.45) is 0.188. The largest absolute Gasteiger partial charge is 0.485 e. The molecule has 0 aliphatic carbocycles. The lowest BCUT2D eigenvalue weighted by molar-refractivity contribution is -0.0276. The van der Waals surface area contributed by atoms with Crippen molar-refractivity contribution < 1.29 is 14.3 Å². The Bertz CT molecular complexity index is 391. The van der Waals surface area contributed by atoms with E-state index in [1.165, 1.54) is 0 Å². The third-order valence-electron chi connectivity index (χ3n) is 2.42. The van der Waals surface area contributed by atoms with E-state index in [1.807, 2.05) is 39.8 Å². The SMILES string of the molecule is CC(=O)c1ccc(OC(C)(C)COC(C)C)cc1. The molecule has 100 valence electrons. The predicted molar refractivity (Wildman–Crippen MR) is 72.2 cm³/mol. The smallest absolute Gasteiger partial charge is 0.159 e. The molecule has 0 aliphatic heterocycles. The first-order chi connectivity index (χ1) is 8.30. The van der Waals surface area contributed by atoms with Gasteiger partial charge < -0.3 is 9.47 Å². The molecule has 1 aromatic carbocycles. The van der Waals surface area contributed by atoms with Crippen molar-refractivity contribution in [1.29, 1.82) is 0 Å². The van der Waals surface area contributed by atoms with Gasteiger partial charge in [0.1, 0.15) is 11.4 Å². The van der Waals surface area contributed by atoms with Gasteiger partial charge in [0.05, 0.1) is 12.7 Å². The molecule has 3 nitrogen and oxygen atoms in total. The summed E-state index contributed by atoms with van der Waals surface area (Å²) in [4.78, 5) is 11.2. The predicted octanol–water partition coefficient (Wildman–Crippen LogP) is 3.47. The summed E-state index contributed by atoms with van der Waals surface area (Å²) in [6, 6.07) is 7.18. The summed E-state index contributed by atoms with van der Waals surface area (Å²) in [5, 5.41) is 0. The van der Waals surface area contributed by atoms with Crippen molar-refractivity contribution in [3.05, 3.63) is 29.8 Å². The first-order valence-corrected chi connectivity index (χ1v) is 6.22. The second-order valence-corrected chi connectivity index (χ2v) is 5.30. The number of Topliss-reactive ketones (excluding diaryl/α,β-unsaturated/α-hetero) is 1. The molecule has 1 aromatic rings. The van der Waals surface area contributed by atoms with E-state index in [2.05, 4.69) is 0 Å². The second kappa shape index (κ2) is 6.01. The maximum Gasteiger partial charge on any atom is 0.159 e. The van der Waals surface area contributed by atoms with Crippen LogP contribution in [0, 0.1) is 0 Å². The molecular formula is C15H22O3. The highest BCUT2D eigenvalue weighted by Gasteiger charge is 2.20. The molecule has 0 unspecified atom stereocenters. The molecule has 0 saturated heterocycles. The van der Waals surface area contributed by atoms with E-state index >= 15 is 0 Å². The molecule has 0 heterocycles. The van der Waals surface area contributed by atoms with E-state index in [0.717, 1.165) is 5.75 Å². The van der Waals surface area contributed by atoms with Crippen molar-refractivity contribution >= 4 is 5.78 Å². The van der Waals surface area contributed by atoms with Gasteiger partial charge in [0.15, 0.2) is 5.78 Å². The highest BCUT2D eigenvalue weighted by Crippen LogP contribution is 2.20. The Labute approximate surface area is 109 Å². The van der Waals surface area contributed by atoms with Crippen LogP contribution in [-0.4, -0.2) is 24.1 Å². The summed E-state index contributed by atoms with van der Waals surface area (Å²) in [5.41, 5.74) is 0.306. The number of benzene rings is 1. The van der Waals surface area contributed by atoms with Crippen LogP contribution in [0.25, 0.3) is 0 Å². The molecule has 0 fully saturated rings. The summed E-state index contributed by atoms with van der Waals surface area (Å²) in [5.74, 6) is 0.807. The molecule has 0 aromatic heterocycles. The van der Waals surface area contributed by atoms with Crippen LogP contribution in [0.4, 0.5) is 0 Å². The Kier molecular flexibility index (Phi) is 4.91. The molecule has 0 N–H and O–H groups in total. The minimum absolute atomic E-state index is 0.0592. The minimum atomic E-state index is -0.387. The Morgan fingerprint density at radius 2 is 1.78 bits per heavy atom. The number of carbonyl (C=O) groups is 1.